The Bertz CT molecular complexity index is 301. The zero-order valence-electron chi connectivity index (χ0n) is 9.99. The second kappa shape index (κ2) is 4.77. The Labute approximate surface area is 91.3 Å². The van der Waals surface area contributed by atoms with E-state index in [0.29, 0.717) is 0 Å². The van der Waals surface area contributed by atoms with Crippen LogP contribution < -0.4 is 5.32 Å². The molecule has 1 aromatic rings. The third kappa shape index (κ3) is 3.64. The molecule has 1 aromatic heterocycles. The third-order valence-corrected chi connectivity index (χ3v) is 2.25. The zero-order chi connectivity index (χ0) is 11.5. The van der Waals surface area contributed by atoms with Crippen LogP contribution in [0.25, 0.3) is 0 Å². The van der Waals surface area contributed by atoms with E-state index in [2.05, 4.69) is 31.2 Å². The highest BCUT2D eigenvalue weighted by molar-refractivity contribution is 5.05. The van der Waals surface area contributed by atoms with E-state index in [4.69, 9.17) is 5.11 Å². The number of nitrogens with zero attached hydrogens (tertiary/aromatic N) is 2. The minimum absolute atomic E-state index is 0.0286. The Morgan fingerprint density at radius 2 is 2.20 bits per heavy atom. The van der Waals surface area contributed by atoms with Gasteiger partial charge < -0.3 is 10.4 Å². The summed E-state index contributed by atoms with van der Waals surface area (Å²) in [6.45, 7) is 9.22. The van der Waals surface area contributed by atoms with Crippen LogP contribution in [0.4, 0.5) is 0 Å². The molecule has 0 radical (unpaired) electrons. The summed E-state index contributed by atoms with van der Waals surface area (Å²) >= 11 is 0. The highest BCUT2D eigenvalue weighted by Gasteiger charge is 2.13. The Kier molecular flexibility index (Phi) is 3.88. The van der Waals surface area contributed by atoms with E-state index < -0.39 is 0 Å². The SMILES string of the molecule is CC(CO)NCc1cnn(C(C)(C)C)c1. The molecule has 4 heteroatoms. The molecule has 1 unspecified atom stereocenters. The van der Waals surface area contributed by atoms with Gasteiger partial charge in [0.1, 0.15) is 0 Å². The van der Waals surface area contributed by atoms with Crippen LogP contribution >= 0.6 is 0 Å². The molecule has 4 nitrogen and oxygen atoms in total. The van der Waals surface area contributed by atoms with Crippen LogP contribution in [0.1, 0.15) is 33.3 Å². The lowest BCUT2D eigenvalue weighted by atomic mass is 10.1. The third-order valence-electron chi connectivity index (χ3n) is 2.25. The van der Waals surface area contributed by atoms with Crippen LogP contribution in [-0.2, 0) is 12.1 Å². The lowest BCUT2D eigenvalue weighted by Crippen LogP contribution is -2.28. The summed E-state index contributed by atoms with van der Waals surface area (Å²) in [4.78, 5) is 0. The van der Waals surface area contributed by atoms with Gasteiger partial charge in [0.2, 0.25) is 0 Å². The molecule has 1 atom stereocenters. The first-order valence-corrected chi connectivity index (χ1v) is 5.31. The predicted molar refractivity (Wildman–Crippen MR) is 60.6 cm³/mol. The van der Waals surface area contributed by atoms with Crippen molar-refractivity contribution >= 4 is 0 Å². The maximum atomic E-state index is 8.86. The largest absolute Gasteiger partial charge is 0.395 e. The molecule has 0 aliphatic rings. The highest BCUT2D eigenvalue weighted by Crippen LogP contribution is 2.12. The molecule has 86 valence electrons. The van der Waals surface area contributed by atoms with Crippen LogP contribution in [0.2, 0.25) is 0 Å². The van der Waals surface area contributed by atoms with Gasteiger partial charge in [-0.25, -0.2) is 0 Å². The number of nitrogens with one attached hydrogen (secondary N) is 1. The number of aliphatic hydroxyl groups excluding tert-OH is 1. The van der Waals surface area contributed by atoms with Gasteiger partial charge in [-0.05, 0) is 27.7 Å². The van der Waals surface area contributed by atoms with Crippen LogP contribution in [0.5, 0.6) is 0 Å². The van der Waals surface area contributed by atoms with Crippen molar-refractivity contribution in [3.05, 3.63) is 18.0 Å². The van der Waals surface area contributed by atoms with Crippen molar-refractivity contribution in [1.29, 1.82) is 0 Å². The van der Waals surface area contributed by atoms with Gasteiger partial charge in [-0.2, -0.15) is 5.10 Å². The number of hydrogen-bond acceptors (Lipinski definition) is 3. The number of hydrogen-bond donors (Lipinski definition) is 2. The first-order valence-electron chi connectivity index (χ1n) is 5.31. The van der Waals surface area contributed by atoms with E-state index in [1.54, 1.807) is 0 Å². The maximum Gasteiger partial charge on any atom is 0.0582 e. The van der Waals surface area contributed by atoms with E-state index in [1.807, 2.05) is 24.0 Å². The Morgan fingerprint density at radius 3 is 2.67 bits per heavy atom. The summed E-state index contributed by atoms with van der Waals surface area (Å²) in [5.41, 5.74) is 1.17. The first kappa shape index (κ1) is 12.2. The number of aromatic nitrogens is 2. The van der Waals surface area contributed by atoms with E-state index in [1.165, 1.54) is 0 Å². The lowest BCUT2D eigenvalue weighted by molar-refractivity contribution is 0.251. The standard InChI is InChI=1S/C11H21N3O/c1-9(8-15)12-5-10-6-13-14(7-10)11(2,3)4/h6-7,9,12,15H,5,8H2,1-4H3. The Balaban J connectivity index is 2.54. The molecule has 1 rings (SSSR count). The minimum Gasteiger partial charge on any atom is -0.395 e. The fourth-order valence-corrected chi connectivity index (χ4v) is 1.17. The molecule has 0 bridgehead atoms. The second-order valence-corrected chi connectivity index (χ2v) is 4.93. The number of aliphatic hydroxyl groups is 1. The summed E-state index contributed by atoms with van der Waals surface area (Å²) in [5, 5.41) is 16.4. The molecule has 0 aliphatic carbocycles. The average Bonchev–Trinajstić information content (AvgIpc) is 2.61. The normalized spacial score (nSPS) is 14.2. The van der Waals surface area contributed by atoms with Crippen molar-refractivity contribution < 1.29 is 5.11 Å². The van der Waals surface area contributed by atoms with E-state index in [-0.39, 0.29) is 18.2 Å². The number of rotatable bonds is 4. The van der Waals surface area contributed by atoms with E-state index in [9.17, 15) is 0 Å². The fraction of sp³-hybridized carbons (Fsp3) is 0.727. The Morgan fingerprint density at radius 1 is 1.53 bits per heavy atom. The van der Waals surface area contributed by atoms with Gasteiger partial charge in [0.15, 0.2) is 0 Å². The van der Waals surface area contributed by atoms with E-state index >= 15 is 0 Å². The maximum absolute atomic E-state index is 8.86. The monoisotopic (exact) mass is 211 g/mol. The molecule has 0 saturated heterocycles. The molecule has 0 spiro atoms. The topological polar surface area (TPSA) is 50.1 Å². The summed E-state index contributed by atoms with van der Waals surface area (Å²) in [7, 11) is 0. The van der Waals surface area contributed by atoms with E-state index in [0.717, 1.165) is 12.1 Å². The van der Waals surface area contributed by atoms with Gasteiger partial charge in [0.05, 0.1) is 18.3 Å². The fourth-order valence-electron chi connectivity index (χ4n) is 1.17. The van der Waals surface area contributed by atoms with Gasteiger partial charge in [-0.15, -0.1) is 0 Å². The van der Waals surface area contributed by atoms with Gasteiger partial charge >= 0.3 is 0 Å². The summed E-state index contributed by atoms with van der Waals surface area (Å²) < 4.78 is 1.95. The molecular formula is C11H21N3O. The van der Waals surface area contributed by atoms with Gasteiger partial charge in [0, 0.05) is 24.3 Å². The smallest absolute Gasteiger partial charge is 0.0582 e. The Hall–Kier alpha value is -0.870. The lowest BCUT2D eigenvalue weighted by Gasteiger charge is -2.18. The predicted octanol–water partition coefficient (Wildman–Crippen LogP) is 1.11. The van der Waals surface area contributed by atoms with Crippen molar-refractivity contribution in [3.8, 4) is 0 Å². The molecule has 1 heterocycles. The average molecular weight is 211 g/mol. The van der Waals surface area contributed by atoms with Crippen LogP contribution in [0.3, 0.4) is 0 Å². The molecule has 2 N–H and O–H groups in total. The molecular weight excluding hydrogens is 190 g/mol. The van der Waals surface area contributed by atoms with Crippen LogP contribution in [0, 0.1) is 0 Å². The zero-order valence-corrected chi connectivity index (χ0v) is 9.99. The van der Waals surface area contributed by atoms with Crippen molar-refractivity contribution in [2.24, 2.45) is 0 Å². The molecule has 0 fully saturated rings. The summed E-state index contributed by atoms with van der Waals surface area (Å²) in [5.74, 6) is 0. The molecule has 0 saturated carbocycles. The van der Waals surface area contributed by atoms with Crippen molar-refractivity contribution in [2.45, 2.75) is 45.8 Å². The molecule has 15 heavy (non-hydrogen) atoms. The minimum atomic E-state index is 0.0286. The highest BCUT2D eigenvalue weighted by atomic mass is 16.3. The van der Waals surface area contributed by atoms with Crippen molar-refractivity contribution in [1.82, 2.24) is 15.1 Å². The summed E-state index contributed by atoms with van der Waals surface area (Å²) in [6, 6.07) is 0.128. The van der Waals surface area contributed by atoms with Crippen molar-refractivity contribution in [3.63, 3.8) is 0 Å². The second-order valence-electron chi connectivity index (χ2n) is 4.93. The van der Waals surface area contributed by atoms with Gasteiger partial charge in [0.25, 0.3) is 0 Å². The molecule has 0 aliphatic heterocycles. The molecule has 0 amide bonds. The molecule has 0 aromatic carbocycles. The summed E-state index contributed by atoms with van der Waals surface area (Å²) in [6.07, 6.45) is 3.90. The van der Waals surface area contributed by atoms with Crippen LogP contribution in [-0.4, -0.2) is 27.5 Å². The van der Waals surface area contributed by atoms with Crippen molar-refractivity contribution in [2.75, 3.05) is 6.61 Å². The quantitative estimate of drug-likeness (QED) is 0.784. The van der Waals surface area contributed by atoms with Crippen LogP contribution in [0.15, 0.2) is 12.4 Å². The van der Waals surface area contributed by atoms with Gasteiger partial charge in [-0.3, -0.25) is 4.68 Å². The van der Waals surface area contributed by atoms with Gasteiger partial charge in [-0.1, -0.05) is 0 Å². The first-order chi connectivity index (χ1) is 6.93.